The van der Waals surface area contributed by atoms with Crippen LogP contribution < -0.4 is 4.74 Å². The predicted molar refractivity (Wildman–Crippen MR) is 71.6 cm³/mol. The van der Waals surface area contributed by atoms with Gasteiger partial charge in [0.1, 0.15) is 5.75 Å². The van der Waals surface area contributed by atoms with Crippen LogP contribution in [0, 0.1) is 0 Å². The number of hydrogen-bond acceptors (Lipinski definition) is 4. The maximum absolute atomic E-state index is 11.1. The van der Waals surface area contributed by atoms with Crippen LogP contribution in [-0.2, 0) is 4.79 Å². The first-order valence-corrected chi connectivity index (χ1v) is 6.29. The number of rotatable bonds is 7. The Kier molecular flexibility index (Phi) is 5.71. The second-order valence-corrected chi connectivity index (χ2v) is 4.34. The largest absolute Gasteiger partial charge is 0.479 e. The highest BCUT2D eigenvalue weighted by Crippen LogP contribution is 2.16. The van der Waals surface area contributed by atoms with E-state index in [0.717, 1.165) is 0 Å². The molecule has 5 heteroatoms. The molecular weight excluding hydrogens is 252 g/mol. The highest BCUT2D eigenvalue weighted by atomic mass is 32.1. The number of thiol groups is 1. The first-order valence-electron chi connectivity index (χ1n) is 5.66. The van der Waals surface area contributed by atoms with Gasteiger partial charge in [-0.25, -0.2) is 4.79 Å². The maximum Gasteiger partial charge on any atom is 0.344 e. The molecule has 1 atom stereocenters. The van der Waals surface area contributed by atoms with Gasteiger partial charge in [0, 0.05) is 5.56 Å². The van der Waals surface area contributed by atoms with E-state index in [4.69, 9.17) is 9.84 Å². The van der Waals surface area contributed by atoms with Gasteiger partial charge in [0.25, 0.3) is 0 Å². The fraction of sp³-hybridized carbons (Fsp3) is 0.385. The van der Waals surface area contributed by atoms with Crippen LogP contribution in [0.15, 0.2) is 24.3 Å². The molecule has 0 saturated carbocycles. The molecule has 0 fully saturated rings. The molecule has 0 aliphatic carbocycles. The average molecular weight is 268 g/mol. The van der Waals surface area contributed by atoms with Crippen molar-refractivity contribution in [1.82, 2.24) is 0 Å². The Morgan fingerprint density at radius 1 is 1.33 bits per heavy atom. The van der Waals surface area contributed by atoms with Gasteiger partial charge in [0.15, 0.2) is 11.9 Å². The summed E-state index contributed by atoms with van der Waals surface area (Å²) in [5.41, 5.74) is 0.574. The van der Waals surface area contributed by atoms with Gasteiger partial charge in [-0.1, -0.05) is 0 Å². The molecule has 0 spiro atoms. The van der Waals surface area contributed by atoms with E-state index >= 15 is 0 Å². The number of ether oxygens (including phenoxy) is 1. The monoisotopic (exact) mass is 268 g/mol. The molecule has 0 heterocycles. The Morgan fingerprint density at radius 3 is 2.39 bits per heavy atom. The van der Waals surface area contributed by atoms with Crippen molar-refractivity contribution in [3.8, 4) is 5.75 Å². The summed E-state index contributed by atoms with van der Waals surface area (Å²) in [5.74, 6) is 0.0431. The number of aliphatic carboxylic acids is 1. The summed E-state index contributed by atoms with van der Waals surface area (Å²) >= 11 is 4.04. The lowest BCUT2D eigenvalue weighted by Crippen LogP contribution is -2.27. The van der Waals surface area contributed by atoms with Crippen LogP contribution in [0.1, 0.15) is 30.1 Å². The van der Waals surface area contributed by atoms with Crippen LogP contribution in [0.2, 0.25) is 0 Å². The number of hydrogen-bond donors (Lipinski definition) is 2. The third-order valence-corrected chi connectivity index (χ3v) is 2.76. The minimum Gasteiger partial charge on any atom is -0.479 e. The lowest BCUT2D eigenvalue weighted by molar-refractivity contribution is -0.145. The van der Waals surface area contributed by atoms with E-state index in [2.05, 4.69) is 12.6 Å². The van der Waals surface area contributed by atoms with Crippen molar-refractivity contribution in [2.24, 2.45) is 0 Å². The molecule has 1 rings (SSSR count). The van der Waals surface area contributed by atoms with Crippen LogP contribution in [0.3, 0.4) is 0 Å². The van der Waals surface area contributed by atoms with Gasteiger partial charge in [-0.3, -0.25) is 4.79 Å². The van der Waals surface area contributed by atoms with E-state index in [0.29, 0.717) is 29.9 Å². The van der Waals surface area contributed by atoms with E-state index < -0.39 is 12.1 Å². The van der Waals surface area contributed by atoms with Crippen molar-refractivity contribution in [1.29, 1.82) is 0 Å². The molecular formula is C13H16O4S. The van der Waals surface area contributed by atoms with Gasteiger partial charge >= 0.3 is 5.97 Å². The molecule has 0 amide bonds. The fourth-order valence-corrected chi connectivity index (χ4v) is 1.62. The molecule has 18 heavy (non-hydrogen) atoms. The molecule has 1 unspecified atom stereocenters. The second-order valence-electron chi connectivity index (χ2n) is 3.89. The van der Waals surface area contributed by atoms with E-state index in [1.165, 1.54) is 6.92 Å². The second kappa shape index (κ2) is 7.06. The third kappa shape index (κ3) is 4.41. The summed E-state index contributed by atoms with van der Waals surface area (Å²) in [4.78, 5) is 22.1. The van der Waals surface area contributed by atoms with Crippen LogP contribution in [-0.4, -0.2) is 28.7 Å². The average Bonchev–Trinajstić information content (AvgIpc) is 2.34. The van der Waals surface area contributed by atoms with Crippen LogP contribution in [0.4, 0.5) is 0 Å². The highest BCUT2D eigenvalue weighted by molar-refractivity contribution is 7.80. The van der Waals surface area contributed by atoms with Gasteiger partial charge in [-0.2, -0.15) is 12.6 Å². The van der Waals surface area contributed by atoms with Crippen molar-refractivity contribution in [2.45, 2.75) is 25.9 Å². The van der Waals surface area contributed by atoms with Crippen LogP contribution >= 0.6 is 12.6 Å². The van der Waals surface area contributed by atoms with Gasteiger partial charge in [-0.05, 0) is 49.8 Å². The maximum atomic E-state index is 11.1. The van der Waals surface area contributed by atoms with E-state index in [-0.39, 0.29) is 5.78 Å². The summed E-state index contributed by atoms with van der Waals surface area (Å²) in [7, 11) is 0. The molecule has 4 nitrogen and oxygen atoms in total. The Bertz CT molecular complexity index is 414. The Balaban J connectivity index is 2.68. The third-order valence-electron chi connectivity index (χ3n) is 2.44. The minimum absolute atomic E-state index is 0.0357. The first kappa shape index (κ1) is 14.6. The number of carboxylic acids is 1. The Morgan fingerprint density at radius 2 is 1.94 bits per heavy atom. The molecule has 0 radical (unpaired) electrons. The van der Waals surface area contributed by atoms with Gasteiger partial charge in [0.2, 0.25) is 0 Å². The standard InChI is InChI=1S/C13H16O4S/c1-9(14)10-4-6-11(7-5-10)17-12(13(15)16)3-2-8-18/h4-7,12,18H,2-3,8H2,1H3,(H,15,16). The van der Waals surface area contributed by atoms with Crippen molar-refractivity contribution < 1.29 is 19.4 Å². The molecule has 0 aromatic heterocycles. The smallest absolute Gasteiger partial charge is 0.344 e. The first-order chi connectivity index (χ1) is 8.54. The summed E-state index contributed by atoms with van der Waals surface area (Å²) in [6.07, 6.45) is 0.208. The zero-order valence-corrected chi connectivity index (χ0v) is 11.0. The number of benzene rings is 1. The Labute approximate surface area is 111 Å². The van der Waals surface area contributed by atoms with Crippen LogP contribution in [0.25, 0.3) is 0 Å². The SMILES string of the molecule is CC(=O)c1ccc(OC(CCCS)C(=O)O)cc1. The van der Waals surface area contributed by atoms with Gasteiger partial charge in [-0.15, -0.1) is 0 Å². The van der Waals surface area contributed by atoms with Crippen molar-refractivity contribution in [3.05, 3.63) is 29.8 Å². The zero-order valence-electron chi connectivity index (χ0n) is 10.1. The predicted octanol–water partition coefficient (Wildman–Crippen LogP) is 2.43. The number of carbonyl (C=O) groups is 2. The number of carboxylic acid groups (broad SMARTS) is 1. The number of ketones is 1. The minimum atomic E-state index is -0.993. The Hall–Kier alpha value is -1.49. The molecule has 1 aromatic rings. The van der Waals surface area contributed by atoms with Crippen molar-refractivity contribution in [2.75, 3.05) is 5.75 Å². The quantitative estimate of drug-likeness (QED) is 0.589. The fourth-order valence-electron chi connectivity index (χ4n) is 1.44. The molecule has 0 bridgehead atoms. The van der Waals surface area contributed by atoms with E-state index in [1.54, 1.807) is 24.3 Å². The molecule has 98 valence electrons. The summed E-state index contributed by atoms with van der Waals surface area (Å²) < 4.78 is 5.37. The van der Waals surface area contributed by atoms with E-state index in [9.17, 15) is 9.59 Å². The molecule has 1 aromatic carbocycles. The molecule has 0 saturated heterocycles. The normalized spacial score (nSPS) is 11.9. The molecule has 0 aliphatic rings. The summed E-state index contributed by atoms with van der Waals surface area (Å²) in [6, 6.07) is 6.45. The van der Waals surface area contributed by atoms with Crippen molar-refractivity contribution >= 4 is 24.4 Å². The number of Topliss-reactive ketones (excluding diaryl/α,β-unsaturated/α-hetero) is 1. The zero-order chi connectivity index (χ0) is 13.5. The van der Waals surface area contributed by atoms with Gasteiger partial charge in [0.05, 0.1) is 0 Å². The lowest BCUT2D eigenvalue weighted by Gasteiger charge is -2.14. The summed E-state index contributed by atoms with van der Waals surface area (Å²) in [6.45, 7) is 1.47. The molecule has 0 aliphatic heterocycles. The topological polar surface area (TPSA) is 63.6 Å². The highest BCUT2D eigenvalue weighted by Gasteiger charge is 2.18. The van der Waals surface area contributed by atoms with E-state index in [1.807, 2.05) is 0 Å². The lowest BCUT2D eigenvalue weighted by atomic mass is 10.1. The number of carbonyl (C=O) groups excluding carboxylic acids is 1. The molecule has 1 N–H and O–H groups in total. The van der Waals surface area contributed by atoms with Crippen molar-refractivity contribution in [3.63, 3.8) is 0 Å². The van der Waals surface area contributed by atoms with Crippen LogP contribution in [0.5, 0.6) is 5.75 Å². The van der Waals surface area contributed by atoms with Gasteiger partial charge < -0.3 is 9.84 Å². The summed E-state index contributed by atoms with van der Waals surface area (Å²) in [5, 5.41) is 9.00.